The van der Waals surface area contributed by atoms with Crippen molar-refractivity contribution in [3.63, 3.8) is 0 Å². The standard InChI is InChI=1S/C14H22N4O/c1-9(19)8-18(2)14-11(13(15)16)7-10-5-3-4-6-12(10)17-14/h7,9,19H,3-6,8H2,1-2H3,(H3,15,16). The van der Waals surface area contributed by atoms with Crippen molar-refractivity contribution in [2.24, 2.45) is 5.73 Å². The number of fused-ring (bicyclic) bond motifs is 1. The molecule has 1 aromatic rings. The number of anilines is 1. The van der Waals surface area contributed by atoms with Gasteiger partial charge in [-0.15, -0.1) is 0 Å². The molecule has 0 bridgehead atoms. The summed E-state index contributed by atoms with van der Waals surface area (Å²) in [5.41, 5.74) is 8.67. The highest BCUT2D eigenvalue weighted by Crippen LogP contribution is 2.26. The number of nitrogen functional groups attached to an aromatic ring is 1. The Bertz CT molecular complexity index is 485. The zero-order valence-electron chi connectivity index (χ0n) is 11.6. The molecule has 1 unspecified atom stereocenters. The summed E-state index contributed by atoms with van der Waals surface area (Å²) in [6.45, 7) is 2.22. The lowest BCUT2D eigenvalue weighted by molar-refractivity contribution is 0.201. The fourth-order valence-electron chi connectivity index (χ4n) is 2.59. The maximum atomic E-state index is 9.50. The molecule has 1 aromatic heterocycles. The molecule has 0 amide bonds. The minimum Gasteiger partial charge on any atom is -0.392 e. The van der Waals surface area contributed by atoms with E-state index < -0.39 is 6.10 Å². The normalized spacial score (nSPS) is 15.7. The number of likely N-dealkylation sites (N-methyl/N-ethyl adjacent to an activating group) is 1. The monoisotopic (exact) mass is 262 g/mol. The topological polar surface area (TPSA) is 86.2 Å². The molecule has 0 radical (unpaired) electrons. The van der Waals surface area contributed by atoms with Crippen LogP contribution < -0.4 is 10.6 Å². The third kappa shape index (κ3) is 3.04. The molecule has 0 aliphatic heterocycles. The van der Waals surface area contributed by atoms with Crippen molar-refractivity contribution >= 4 is 11.7 Å². The predicted molar refractivity (Wildman–Crippen MR) is 76.8 cm³/mol. The Kier molecular flexibility index (Phi) is 4.04. The third-order valence-electron chi connectivity index (χ3n) is 3.47. The molecule has 2 rings (SSSR count). The summed E-state index contributed by atoms with van der Waals surface area (Å²) in [4.78, 5) is 6.55. The van der Waals surface area contributed by atoms with E-state index in [4.69, 9.17) is 11.1 Å². The van der Waals surface area contributed by atoms with Gasteiger partial charge in [0, 0.05) is 19.3 Å². The number of hydrogen-bond acceptors (Lipinski definition) is 4. The molecule has 0 fully saturated rings. The van der Waals surface area contributed by atoms with Crippen LogP contribution in [0.1, 0.15) is 36.6 Å². The first-order valence-corrected chi connectivity index (χ1v) is 6.75. The smallest absolute Gasteiger partial charge is 0.139 e. The molecule has 1 aliphatic carbocycles. The molecule has 104 valence electrons. The number of aliphatic hydroxyl groups excluding tert-OH is 1. The lowest BCUT2D eigenvalue weighted by Crippen LogP contribution is -2.31. The zero-order valence-corrected chi connectivity index (χ0v) is 11.6. The van der Waals surface area contributed by atoms with Gasteiger partial charge < -0.3 is 15.7 Å². The molecule has 19 heavy (non-hydrogen) atoms. The van der Waals surface area contributed by atoms with E-state index in [1.165, 1.54) is 18.4 Å². The highest BCUT2D eigenvalue weighted by atomic mass is 16.3. The van der Waals surface area contributed by atoms with Crippen LogP contribution in [0.25, 0.3) is 0 Å². The first-order valence-electron chi connectivity index (χ1n) is 6.75. The number of hydrogen-bond donors (Lipinski definition) is 3. The number of amidine groups is 1. The third-order valence-corrected chi connectivity index (χ3v) is 3.47. The van der Waals surface area contributed by atoms with Crippen LogP contribution in [0.15, 0.2) is 6.07 Å². The van der Waals surface area contributed by atoms with Crippen LogP contribution >= 0.6 is 0 Å². The summed E-state index contributed by atoms with van der Waals surface area (Å²) >= 11 is 0. The van der Waals surface area contributed by atoms with Crippen LogP contribution in [-0.4, -0.2) is 35.6 Å². The minimum absolute atomic E-state index is 0.0355. The Labute approximate surface area is 114 Å². The van der Waals surface area contributed by atoms with Gasteiger partial charge in [0.1, 0.15) is 11.7 Å². The Balaban J connectivity index is 2.42. The van der Waals surface area contributed by atoms with Gasteiger partial charge in [0.25, 0.3) is 0 Å². The molecule has 0 spiro atoms. The van der Waals surface area contributed by atoms with Crippen molar-refractivity contribution in [3.8, 4) is 0 Å². The van der Waals surface area contributed by atoms with E-state index in [0.717, 1.165) is 18.5 Å². The maximum Gasteiger partial charge on any atom is 0.139 e. The quantitative estimate of drug-likeness (QED) is 0.559. The van der Waals surface area contributed by atoms with Crippen LogP contribution in [0.2, 0.25) is 0 Å². The number of aryl methyl sites for hydroxylation is 2. The SMILES string of the molecule is CC(O)CN(C)c1nc2c(cc1C(=N)N)CCCC2. The number of aliphatic hydroxyl groups is 1. The summed E-state index contributed by atoms with van der Waals surface area (Å²) < 4.78 is 0. The molecule has 1 heterocycles. The second-order valence-electron chi connectivity index (χ2n) is 5.32. The molecule has 5 nitrogen and oxygen atoms in total. The van der Waals surface area contributed by atoms with Gasteiger partial charge >= 0.3 is 0 Å². The lowest BCUT2D eigenvalue weighted by Gasteiger charge is -2.25. The van der Waals surface area contributed by atoms with E-state index in [1.807, 2.05) is 18.0 Å². The molecule has 4 N–H and O–H groups in total. The minimum atomic E-state index is -0.442. The zero-order chi connectivity index (χ0) is 14.0. The lowest BCUT2D eigenvalue weighted by atomic mass is 9.94. The summed E-state index contributed by atoms with van der Waals surface area (Å²) in [7, 11) is 1.87. The molecule has 0 aromatic carbocycles. The molecule has 0 saturated carbocycles. The van der Waals surface area contributed by atoms with Gasteiger partial charge in [0.15, 0.2) is 0 Å². The van der Waals surface area contributed by atoms with Gasteiger partial charge in [-0.1, -0.05) is 0 Å². The van der Waals surface area contributed by atoms with E-state index in [9.17, 15) is 5.11 Å². The van der Waals surface area contributed by atoms with Crippen molar-refractivity contribution < 1.29 is 5.11 Å². The van der Waals surface area contributed by atoms with Gasteiger partial charge in [0.05, 0.1) is 11.7 Å². The van der Waals surface area contributed by atoms with E-state index >= 15 is 0 Å². The van der Waals surface area contributed by atoms with Gasteiger partial charge in [0.2, 0.25) is 0 Å². The summed E-state index contributed by atoms with van der Waals surface area (Å²) in [5, 5.41) is 17.2. The van der Waals surface area contributed by atoms with Gasteiger partial charge in [-0.2, -0.15) is 0 Å². The average molecular weight is 262 g/mol. The van der Waals surface area contributed by atoms with Gasteiger partial charge in [-0.3, -0.25) is 5.41 Å². The Morgan fingerprint density at radius 3 is 2.84 bits per heavy atom. The highest BCUT2D eigenvalue weighted by molar-refractivity contribution is 5.99. The first-order chi connectivity index (χ1) is 8.99. The highest BCUT2D eigenvalue weighted by Gasteiger charge is 2.19. The van der Waals surface area contributed by atoms with E-state index in [1.54, 1.807) is 6.92 Å². The van der Waals surface area contributed by atoms with Crippen LogP contribution in [0.3, 0.4) is 0 Å². The van der Waals surface area contributed by atoms with Crippen molar-refractivity contribution in [2.45, 2.75) is 38.7 Å². The Morgan fingerprint density at radius 2 is 2.21 bits per heavy atom. The van der Waals surface area contributed by atoms with Crippen LogP contribution in [0, 0.1) is 5.41 Å². The van der Waals surface area contributed by atoms with E-state index in [2.05, 4.69) is 4.98 Å². The van der Waals surface area contributed by atoms with Crippen LogP contribution in [0.5, 0.6) is 0 Å². The Morgan fingerprint density at radius 1 is 1.53 bits per heavy atom. The van der Waals surface area contributed by atoms with Crippen LogP contribution in [0.4, 0.5) is 5.82 Å². The fourth-order valence-corrected chi connectivity index (χ4v) is 2.59. The van der Waals surface area contributed by atoms with E-state index in [0.29, 0.717) is 17.9 Å². The summed E-state index contributed by atoms with van der Waals surface area (Å²) in [5.74, 6) is 0.738. The second-order valence-corrected chi connectivity index (χ2v) is 5.32. The molecular formula is C14H22N4O. The largest absolute Gasteiger partial charge is 0.392 e. The number of nitrogens with zero attached hydrogens (tertiary/aromatic N) is 2. The summed E-state index contributed by atoms with van der Waals surface area (Å²) in [6, 6.07) is 2.00. The average Bonchev–Trinajstić information content (AvgIpc) is 2.36. The number of nitrogens with two attached hydrogens (primary N) is 1. The number of pyridine rings is 1. The van der Waals surface area contributed by atoms with Crippen molar-refractivity contribution in [3.05, 3.63) is 22.9 Å². The van der Waals surface area contributed by atoms with Crippen molar-refractivity contribution in [1.29, 1.82) is 5.41 Å². The number of rotatable bonds is 4. The summed E-state index contributed by atoms with van der Waals surface area (Å²) in [6.07, 6.45) is 3.91. The number of nitrogens with one attached hydrogen (secondary N) is 1. The van der Waals surface area contributed by atoms with Crippen molar-refractivity contribution in [2.75, 3.05) is 18.5 Å². The molecular weight excluding hydrogens is 240 g/mol. The first kappa shape index (κ1) is 13.8. The van der Waals surface area contributed by atoms with Crippen LogP contribution in [-0.2, 0) is 12.8 Å². The van der Waals surface area contributed by atoms with E-state index in [-0.39, 0.29) is 5.84 Å². The van der Waals surface area contributed by atoms with Gasteiger partial charge in [-0.05, 0) is 44.2 Å². The molecule has 0 saturated heterocycles. The van der Waals surface area contributed by atoms with Gasteiger partial charge in [-0.25, -0.2) is 4.98 Å². The number of aromatic nitrogens is 1. The molecule has 5 heteroatoms. The Hall–Kier alpha value is -1.62. The molecule has 1 aliphatic rings. The predicted octanol–water partition coefficient (Wildman–Crippen LogP) is 1.06. The molecule has 1 atom stereocenters. The second kappa shape index (κ2) is 5.57. The maximum absolute atomic E-state index is 9.50. The van der Waals surface area contributed by atoms with Crippen molar-refractivity contribution in [1.82, 2.24) is 4.98 Å². The fraction of sp³-hybridized carbons (Fsp3) is 0.571.